The van der Waals surface area contributed by atoms with Gasteiger partial charge in [0.15, 0.2) is 0 Å². The molecule has 4 nitrogen and oxygen atoms in total. The van der Waals surface area contributed by atoms with E-state index in [-0.39, 0.29) is 36.8 Å². The maximum Gasteiger partial charge on any atom is 1.00 e. The molecule has 0 fully saturated rings. The second-order valence-electron chi connectivity index (χ2n) is 1.44. The predicted octanol–water partition coefficient (Wildman–Crippen LogP) is -3.31. The maximum atomic E-state index is 10.3. The molecule has 0 saturated heterocycles. The molecule has 0 aliphatic heterocycles. The molecule has 1 rings (SSSR count). The van der Waals surface area contributed by atoms with E-state index in [9.17, 15) is 4.79 Å². The number of aromatic nitrogens is 2. The van der Waals surface area contributed by atoms with Gasteiger partial charge in [-0.15, -0.1) is 0 Å². The average molecular weight is 147 g/mol. The van der Waals surface area contributed by atoms with Crippen LogP contribution in [-0.4, -0.2) is 15.9 Å². The molecule has 1 heterocycles. The Bertz CT molecular complexity index is 218. The van der Waals surface area contributed by atoms with E-state index >= 15 is 0 Å². The van der Waals surface area contributed by atoms with Gasteiger partial charge in [0.05, 0.1) is 0 Å². The number of amides is 1. The van der Waals surface area contributed by atoms with Gasteiger partial charge in [-0.2, -0.15) is 0 Å². The number of carbonyl (C=O) groups excluding carboxylic acids is 1. The summed E-state index contributed by atoms with van der Waals surface area (Å²) in [6, 6.07) is 1.62. The van der Waals surface area contributed by atoms with Crippen molar-refractivity contribution in [2.45, 2.75) is 0 Å². The van der Waals surface area contributed by atoms with Crippen molar-refractivity contribution in [3.8, 4) is 0 Å². The van der Waals surface area contributed by atoms with E-state index in [4.69, 9.17) is 5.73 Å². The monoisotopic (exact) mass is 147 g/mol. The minimum atomic E-state index is -0.601. The number of nitrogens with zero attached hydrogens (tertiary/aromatic N) is 2. The van der Waals surface area contributed by atoms with Crippen LogP contribution >= 0.6 is 0 Å². The molecular weight excluding hydrogens is 141 g/mol. The van der Waals surface area contributed by atoms with Crippen LogP contribution < -0.4 is 35.3 Å². The molecule has 0 aliphatic carbocycles. The minimum absolute atomic E-state index is 0. The number of hydrogen-bond acceptors (Lipinski definition) is 3. The minimum Gasteiger partial charge on any atom is -1.00 e. The molecule has 1 amide bonds. The van der Waals surface area contributed by atoms with Crippen LogP contribution in [0.1, 0.15) is 12.0 Å². The molecule has 2 N–H and O–H groups in total. The van der Waals surface area contributed by atoms with Crippen molar-refractivity contribution in [1.82, 2.24) is 9.97 Å². The van der Waals surface area contributed by atoms with Gasteiger partial charge in [0.25, 0.3) is 5.91 Å². The molecule has 0 aromatic carbocycles. The van der Waals surface area contributed by atoms with Gasteiger partial charge in [-0.3, -0.25) is 4.79 Å². The van der Waals surface area contributed by atoms with Crippen molar-refractivity contribution in [2.24, 2.45) is 5.73 Å². The molecule has 0 bridgehead atoms. The van der Waals surface area contributed by atoms with Gasteiger partial charge >= 0.3 is 29.6 Å². The van der Waals surface area contributed by atoms with Crippen molar-refractivity contribution in [1.29, 1.82) is 0 Å². The molecule has 0 aliphatic rings. The number of nitrogens with two attached hydrogens (primary N) is 1. The Balaban J connectivity index is 0. The third-order valence-electron chi connectivity index (χ3n) is 0.786. The quantitative estimate of drug-likeness (QED) is 0.423. The zero-order valence-corrected chi connectivity index (χ0v) is 7.61. The normalized spacial score (nSPS) is 8.00. The van der Waals surface area contributed by atoms with Crippen LogP contribution in [-0.2, 0) is 0 Å². The summed E-state index contributed by atoms with van der Waals surface area (Å²) in [5, 5.41) is 0. The van der Waals surface area contributed by atoms with Gasteiger partial charge in [0, 0.05) is 12.4 Å². The van der Waals surface area contributed by atoms with Gasteiger partial charge in [-0.1, -0.05) is 0 Å². The summed E-state index contributed by atoms with van der Waals surface area (Å²) < 4.78 is 0. The van der Waals surface area contributed by atoms with Crippen LogP contribution in [0.4, 0.5) is 0 Å². The van der Waals surface area contributed by atoms with Crippen LogP contribution in [0.2, 0.25) is 0 Å². The van der Waals surface area contributed by atoms with E-state index < -0.39 is 5.91 Å². The van der Waals surface area contributed by atoms with Crippen LogP contribution in [0.3, 0.4) is 0 Å². The molecular formula is C5H6N3NaO. The number of primary amides is 1. The Labute approximate surface area is 81.6 Å². The first kappa shape index (κ1) is 9.55. The molecule has 0 atom stereocenters. The Morgan fingerprint density at radius 3 is 2.30 bits per heavy atom. The number of carbonyl (C=O) groups is 1. The summed E-state index contributed by atoms with van der Waals surface area (Å²) in [5.41, 5.74) is 4.85. The van der Waals surface area contributed by atoms with Crippen LogP contribution in [0.15, 0.2) is 18.5 Å². The first-order valence-electron chi connectivity index (χ1n) is 2.37. The van der Waals surface area contributed by atoms with Crippen molar-refractivity contribution < 1.29 is 35.8 Å². The zero-order chi connectivity index (χ0) is 6.69. The Morgan fingerprint density at radius 2 is 2.00 bits per heavy atom. The van der Waals surface area contributed by atoms with Crippen molar-refractivity contribution in [2.75, 3.05) is 0 Å². The maximum absolute atomic E-state index is 10.3. The summed E-state index contributed by atoms with van der Waals surface area (Å²) in [5.74, 6) is -0.548. The van der Waals surface area contributed by atoms with Gasteiger partial charge in [-0.05, 0) is 6.07 Å². The van der Waals surface area contributed by atoms with E-state index in [2.05, 4.69) is 9.97 Å². The van der Waals surface area contributed by atoms with Gasteiger partial charge in [0.2, 0.25) is 5.82 Å². The largest absolute Gasteiger partial charge is 1.00 e. The Kier molecular flexibility index (Phi) is 4.18. The van der Waals surface area contributed by atoms with Crippen molar-refractivity contribution in [3.05, 3.63) is 24.3 Å². The first-order valence-corrected chi connectivity index (χ1v) is 2.37. The summed E-state index contributed by atoms with van der Waals surface area (Å²) in [6.45, 7) is 0. The number of hydrogen-bond donors (Lipinski definition) is 1. The van der Waals surface area contributed by atoms with Crippen molar-refractivity contribution >= 4 is 5.91 Å². The zero-order valence-electron chi connectivity index (χ0n) is 6.61. The standard InChI is InChI=1S/C5H5N3O.Na.H/c6-4(9)5-7-2-1-3-8-5;;/h1-3H,(H2,6,9);;/q;+1;-1. The average Bonchev–Trinajstić information content (AvgIpc) is 1.90. The van der Waals surface area contributed by atoms with Crippen LogP contribution in [0, 0.1) is 0 Å². The Hall–Kier alpha value is -0.450. The molecule has 1 aromatic heterocycles. The van der Waals surface area contributed by atoms with Gasteiger partial charge < -0.3 is 7.16 Å². The molecule has 1 aromatic rings. The summed E-state index contributed by atoms with van der Waals surface area (Å²) in [4.78, 5) is 17.5. The Morgan fingerprint density at radius 1 is 1.50 bits per heavy atom. The number of rotatable bonds is 1. The van der Waals surface area contributed by atoms with E-state index in [1.807, 2.05) is 0 Å². The predicted molar refractivity (Wildman–Crippen MR) is 31.7 cm³/mol. The van der Waals surface area contributed by atoms with Crippen molar-refractivity contribution in [3.63, 3.8) is 0 Å². The topological polar surface area (TPSA) is 68.9 Å². The van der Waals surface area contributed by atoms with Crippen LogP contribution in [0.25, 0.3) is 0 Å². The second kappa shape index (κ2) is 4.38. The molecule has 0 spiro atoms. The first-order chi connectivity index (χ1) is 4.30. The van der Waals surface area contributed by atoms with Crippen LogP contribution in [0.5, 0.6) is 0 Å². The fourth-order valence-electron chi connectivity index (χ4n) is 0.426. The van der Waals surface area contributed by atoms with E-state index in [1.165, 1.54) is 12.4 Å². The smallest absolute Gasteiger partial charge is 1.00 e. The molecule has 48 valence electrons. The van der Waals surface area contributed by atoms with E-state index in [0.717, 1.165) is 0 Å². The molecule has 5 heteroatoms. The summed E-state index contributed by atoms with van der Waals surface area (Å²) in [7, 11) is 0. The second-order valence-corrected chi connectivity index (χ2v) is 1.44. The fourth-order valence-corrected chi connectivity index (χ4v) is 0.426. The third-order valence-corrected chi connectivity index (χ3v) is 0.786. The van der Waals surface area contributed by atoms with E-state index in [0.29, 0.717) is 0 Å². The summed E-state index contributed by atoms with van der Waals surface area (Å²) in [6.07, 6.45) is 2.93. The SMILES string of the molecule is NC(=O)c1ncccn1.[H-].[Na+]. The van der Waals surface area contributed by atoms with E-state index in [1.54, 1.807) is 6.07 Å². The molecule has 0 unspecified atom stereocenters. The molecule has 0 radical (unpaired) electrons. The molecule has 10 heavy (non-hydrogen) atoms. The van der Waals surface area contributed by atoms with Gasteiger partial charge in [0.1, 0.15) is 0 Å². The fraction of sp³-hybridized carbons (Fsp3) is 0. The molecule has 0 saturated carbocycles. The third kappa shape index (κ3) is 2.43. The van der Waals surface area contributed by atoms with Gasteiger partial charge in [-0.25, -0.2) is 9.97 Å². The summed E-state index contributed by atoms with van der Waals surface area (Å²) >= 11 is 0.